The van der Waals surface area contributed by atoms with Crippen molar-refractivity contribution in [3.63, 3.8) is 0 Å². The molecule has 0 radical (unpaired) electrons. The molecule has 22 heavy (non-hydrogen) atoms. The Morgan fingerprint density at radius 3 is 2.77 bits per heavy atom. The van der Waals surface area contributed by atoms with Crippen LogP contribution in [-0.4, -0.2) is 51.7 Å². The topological polar surface area (TPSA) is 104 Å². The van der Waals surface area contributed by atoms with Gasteiger partial charge in [-0.2, -0.15) is 0 Å². The molecule has 2 rings (SSSR count). The van der Waals surface area contributed by atoms with E-state index >= 15 is 0 Å². The minimum Gasteiger partial charge on any atom is -0.477 e. The van der Waals surface area contributed by atoms with E-state index in [4.69, 9.17) is 4.74 Å². The summed E-state index contributed by atoms with van der Waals surface area (Å²) < 4.78 is 4.73. The largest absolute Gasteiger partial charge is 0.477 e. The van der Waals surface area contributed by atoms with Crippen LogP contribution >= 0.6 is 11.8 Å². The molecule has 0 spiro atoms. The van der Waals surface area contributed by atoms with Gasteiger partial charge >= 0.3 is 11.9 Å². The normalized spacial score (nSPS) is 25.2. The van der Waals surface area contributed by atoms with Crippen LogP contribution in [-0.2, 0) is 19.1 Å². The predicted octanol–water partition coefficient (Wildman–Crippen LogP) is 0.704. The number of thioether (sulfide) groups is 1. The number of amides is 1. The van der Waals surface area contributed by atoms with Gasteiger partial charge in [-0.05, 0) is 19.3 Å². The summed E-state index contributed by atoms with van der Waals surface area (Å²) in [5.41, 5.74) is -0.0644. The van der Waals surface area contributed by atoms with E-state index in [1.807, 2.05) is 0 Å². The van der Waals surface area contributed by atoms with E-state index in [1.165, 1.54) is 23.3 Å². The number of fused-ring (bicyclic) bond motifs is 1. The van der Waals surface area contributed by atoms with Crippen molar-refractivity contribution in [1.29, 1.82) is 0 Å². The molecule has 8 heteroatoms. The van der Waals surface area contributed by atoms with Gasteiger partial charge in [-0.3, -0.25) is 4.79 Å². The third kappa shape index (κ3) is 2.89. The van der Waals surface area contributed by atoms with Crippen molar-refractivity contribution in [2.75, 3.05) is 6.61 Å². The average Bonchev–Trinajstić information content (AvgIpc) is 2.73. The zero-order valence-corrected chi connectivity index (χ0v) is 13.0. The standard InChI is InChI=1S/C14H17NO6S/c1-3-21-10(17)4-5-22-9-6-8-11(7(2)16)13(18)15(8)12(9)14(19)20/h4-5,7-8,11,16H,3,6H2,1-2H3,(H,19,20)/b5-4+/t7-,8+,11+/m0/s1. The van der Waals surface area contributed by atoms with Crippen LogP contribution in [0.2, 0.25) is 0 Å². The number of carbonyl (C=O) groups excluding carboxylic acids is 2. The number of hydrogen-bond acceptors (Lipinski definition) is 6. The highest BCUT2D eigenvalue weighted by atomic mass is 32.2. The molecular formula is C14H17NO6S. The maximum Gasteiger partial charge on any atom is 0.353 e. The van der Waals surface area contributed by atoms with E-state index < -0.39 is 24.0 Å². The van der Waals surface area contributed by atoms with Gasteiger partial charge in [-0.1, -0.05) is 11.8 Å². The highest BCUT2D eigenvalue weighted by Gasteiger charge is 2.56. The van der Waals surface area contributed by atoms with Crippen molar-refractivity contribution in [3.05, 3.63) is 22.1 Å². The lowest BCUT2D eigenvalue weighted by Gasteiger charge is -2.44. The van der Waals surface area contributed by atoms with Gasteiger partial charge in [0.15, 0.2) is 0 Å². The fraction of sp³-hybridized carbons (Fsp3) is 0.500. The van der Waals surface area contributed by atoms with Crippen LogP contribution in [0, 0.1) is 5.92 Å². The quantitative estimate of drug-likeness (QED) is 0.420. The summed E-state index contributed by atoms with van der Waals surface area (Å²) in [7, 11) is 0. The van der Waals surface area contributed by atoms with Gasteiger partial charge < -0.3 is 19.8 Å². The molecule has 2 aliphatic rings. The lowest BCUT2D eigenvalue weighted by Crippen LogP contribution is -2.61. The summed E-state index contributed by atoms with van der Waals surface area (Å²) in [6.07, 6.45) is 0.758. The summed E-state index contributed by atoms with van der Waals surface area (Å²) in [6, 6.07) is -0.322. The molecule has 0 aromatic carbocycles. The van der Waals surface area contributed by atoms with Crippen molar-refractivity contribution in [3.8, 4) is 0 Å². The van der Waals surface area contributed by atoms with Crippen molar-refractivity contribution >= 4 is 29.6 Å². The Hall–Kier alpha value is -1.80. The molecule has 0 bridgehead atoms. The number of carbonyl (C=O) groups is 3. The van der Waals surface area contributed by atoms with E-state index in [0.29, 0.717) is 11.3 Å². The van der Waals surface area contributed by atoms with Gasteiger partial charge in [0.2, 0.25) is 5.91 Å². The molecule has 0 aliphatic carbocycles. The van der Waals surface area contributed by atoms with Gasteiger partial charge in [-0.15, -0.1) is 0 Å². The van der Waals surface area contributed by atoms with Crippen LogP contribution in [0.25, 0.3) is 0 Å². The number of β-lactam (4-membered cyclic amide) rings is 1. The minimum absolute atomic E-state index is 0.0644. The van der Waals surface area contributed by atoms with Crippen LogP contribution < -0.4 is 0 Å². The van der Waals surface area contributed by atoms with Crippen LogP contribution in [0.4, 0.5) is 0 Å². The van der Waals surface area contributed by atoms with Gasteiger partial charge in [0.1, 0.15) is 5.70 Å². The molecule has 1 saturated heterocycles. The van der Waals surface area contributed by atoms with E-state index in [2.05, 4.69) is 0 Å². The van der Waals surface area contributed by atoms with Crippen LogP contribution in [0.15, 0.2) is 22.1 Å². The summed E-state index contributed by atoms with van der Waals surface area (Å²) in [5, 5.41) is 20.4. The number of esters is 1. The van der Waals surface area contributed by atoms with Crippen LogP contribution in [0.5, 0.6) is 0 Å². The lowest BCUT2D eigenvalue weighted by atomic mass is 9.83. The maximum absolute atomic E-state index is 12.0. The van der Waals surface area contributed by atoms with Crippen LogP contribution in [0.1, 0.15) is 20.3 Å². The van der Waals surface area contributed by atoms with Crippen molar-refractivity contribution in [1.82, 2.24) is 4.90 Å². The fourth-order valence-electron chi connectivity index (χ4n) is 2.70. The Morgan fingerprint density at radius 1 is 1.55 bits per heavy atom. The molecule has 3 atom stereocenters. The fourth-order valence-corrected chi connectivity index (χ4v) is 3.61. The van der Waals surface area contributed by atoms with Crippen molar-refractivity contribution in [2.24, 2.45) is 5.92 Å². The van der Waals surface area contributed by atoms with E-state index in [9.17, 15) is 24.6 Å². The number of hydrogen-bond donors (Lipinski definition) is 2. The monoisotopic (exact) mass is 327 g/mol. The van der Waals surface area contributed by atoms with Crippen molar-refractivity contribution in [2.45, 2.75) is 32.4 Å². The number of aliphatic hydroxyl groups is 1. The molecule has 1 fully saturated rings. The predicted molar refractivity (Wildman–Crippen MR) is 78.4 cm³/mol. The Bertz CT molecular complexity index is 568. The summed E-state index contributed by atoms with van der Waals surface area (Å²) in [5.74, 6) is -2.64. The molecule has 2 N–H and O–H groups in total. The first-order valence-corrected chi connectivity index (χ1v) is 7.74. The highest BCUT2D eigenvalue weighted by molar-refractivity contribution is 8.05. The number of aliphatic hydroxyl groups excluding tert-OH is 1. The molecular weight excluding hydrogens is 310 g/mol. The Morgan fingerprint density at radius 2 is 2.23 bits per heavy atom. The molecule has 0 aromatic rings. The van der Waals surface area contributed by atoms with E-state index in [1.54, 1.807) is 6.92 Å². The third-order valence-electron chi connectivity index (χ3n) is 3.59. The number of carboxylic acids is 1. The highest BCUT2D eigenvalue weighted by Crippen LogP contribution is 2.47. The van der Waals surface area contributed by atoms with Crippen LogP contribution in [0.3, 0.4) is 0 Å². The summed E-state index contributed by atoms with van der Waals surface area (Å²) in [4.78, 5) is 36.3. The molecule has 1 amide bonds. The molecule has 0 saturated carbocycles. The second-order valence-corrected chi connectivity index (χ2v) is 6.00. The van der Waals surface area contributed by atoms with Gasteiger partial charge in [0.25, 0.3) is 0 Å². The number of rotatable bonds is 6. The summed E-state index contributed by atoms with van der Waals surface area (Å²) >= 11 is 1.08. The number of carboxylic acid groups (broad SMARTS) is 1. The van der Waals surface area contributed by atoms with Gasteiger partial charge in [0.05, 0.1) is 24.7 Å². The zero-order valence-electron chi connectivity index (χ0n) is 12.2. The Kier molecular flexibility index (Phi) is 4.92. The molecule has 0 aromatic heterocycles. The maximum atomic E-state index is 12.0. The SMILES string of the molecule is CCOC(=O)/C=C/SC1=C(C(=O)O)N2C(=O)[C@H]([C@H](C)O)[C@H]2C1. The number of aliphatic carboxylic acids is 1. The average molecular weight is 327 g/mol. The minimum atomic E-state index is -1.19. The second-order valence-electron chi connectivity index (χ2n) is 5.00. The molecule has 0 unspecified atom stereocenters. The van der Waals surface area contributed by atoms with Gasteiger partial charge in [-0.25, -0.2) is 9.59 Å². The zero-order chi connectivity index (χ0) is 16.4. The summed E-state index contributed by atoms with van der Waals surface area (Å²) in [6.45, 7) is 3.47. The lowest BCUT2D eigenvalue weighted by molar-refractivity contribution is -0.161. The van der Waals surface area contributed by atoms with Crippen molar-refractivity contribution < 1.29 is 29.3 Å². The Labute approximate surface area is 131 Å². The number of ether oxygens (including phenoxy) is 1. The van der Waals surface area contributed by atoms with E-state index in [-0.39, 0.29) is 24.3 Å². The smallest absolute Gasteiger partial charge is 0.353 e. The molecule has 2 heterocycles. The number of nitrogens with zero attached hydrogens (tertiary/aromatic N) is 1. The molecule has 2 aliphatic heterocycles. The molecule has 7 nitrogen and oxygen atoms in total. The second kappa shape index (κ2) is 6.53. The van der Waals surface area contributed by atoms with Gasteiger partial charge in [0, 0.05) is 17.4 Å². The molecule has 120 valence electrons. The first-order chi connectivity index (χ1) is 10.4. The third-order valence-corrected chi connectivity index (χ3v) is 4.51. The van der Waals surface area contributed by atoms with E-state index in [0.717, 1.165) is 11.8 Å². The first-order valence-electron chi connectivity index (χ1n) is 6.86. The first kappa shape index (κ1) is 16.6. The Balaban J connectivity index is 2.12.